The molecule has 4 heteroatoms. The third kappa shape index (κ3) is 3.78. The Morgan fingerprint density at radius 2 is 2.11 bits per heavy atom. The summed E-state index contributed by atoms with van der Waals surface area (Å²) in [4.78, 5) is 16.2. The lowest BCUT2D eigenvalue weighted by molar-refractivity contribution is 0.0921. The molecule has 19 heavy (non-hydrogen) atoms. The number of carbonyl (C=O) groups is 1. The standard InChI is InChI=1S/C15H21BrN2O/c1-12-7-13(9-17-8-12)14(19)18-11-15(10-16)5-3-2-4-6-15/h7-9H,2-6,10-11H2,1H3,(H,18,19). The number of aryl methyl sites for hydroxylation is 1. The van der Waals surface area contributed by atoms with Gasteiger partial charge in [-0.25, -0.2) is 0 Å². The molecule has 0 unspecified atom stereocenters. The number of halogens is 1. The lowest BCUT2D eigenvalue weighted by Crippen LogP contribution is -2.40. The maximum atomic E-state index is 12.1. The van der Waals surface area contributed by atoms with E-state index in [1.165, 1.54) is 32.1 Å². The smallest absolute Gasteiger partial charge is 0.252 e. The van der Waals surface area contributed by atoms with Gasteiger partial charge >= 0.3 is 0 Å². The Morgan fingerprint density at radius 1 is 1.37 bits per heavy atom. The van der Waals surface area contributed by atoms with Crippen LogP contribution >= 0.6 is 15.9 Å². The predicted octanol–water partition coefficient (Wildman–Crippen LogP) is 3.47. The number of aromatic nitrogens is 1. The van der Waals surface area contributed by atoms with Gasteiger partial charge in [0.1, 0.15) is 0 Å². The summed E-state index contributed by atoms with van der Waals surface area (Å²) in [7, 11) is 0. The number of amides is 1. The zero-order valence-corrected chi connectivity index (χ0v) is 13.0. The number of carbonyl (C=O) groups excluding carboxylic acids is 1. The molecule has 0 saturated heterocycles. The van der Waals surface area contributed by atoms with Gasteiger partial charge in [0.15, 0.2) is 0 Å². The Bertz CT molecular complexity index is 442. The van der Waals surface area contributed by atoms with E-state index in [0.29, 0.717) is 5.56 Å². The van der Waals surface area contributed by atoms with Gasteiger partial charge in [0.25, 0.3) is 5.91 Å². The molecule has 1 fully saturated rings. The number of nitrogens with zero attached hydrogens (tertiary/aromatic N) is 1. The second-order valence-corrected chi connectivity index (χ2v) is 6.19. The zero-order valence-electron chi connectivity index (χ0n) is 11.4. The fourth-order valence-corrected chi connectivity index (χ4v) is 3.47. The van der Waals surface area contributed by atoms with Gasteiger partial charge in [0.2, 0.25) is 0 Å². The summed E-state index contributed by atoms with van der Waals surface area (Å²) in [5, 5.41) is 4.04. The molecule has 0 spiro atoms. The fraction of sp³-hybridized carbons (Fsp3) is 0.600. The molecule has 1 aliphatic carbocycles. The molecular formula is C15H21BrN2O. The van der Waals surface area contributed by atoms with Crippen LogP contribution in [0, 0.1) is 12.3 Å². The molecule has 0 aliphatic heterocycles. The molecule has 3 nitrogen and oxygen atoms in total. The number of nitrogens with one attached hydrogen (secondary N) is 1. The Hall–Kier alpha value is -0.900. The molecule has 0 atom stereocenters. The van der Waals surface area contributed by atoms with Crippen molar-refractivity contribution in [1.82, 2.24) is 10.3 Å². The van der Waals surface area contributed by atoms with Crippen LogP contribution in [0.4, 0.5) is 0 Å². The SMILES string of the molecule is Cc1cncc(C(=O)NCC2(CBr)CCCCC2)c1. The lowest BCUT2D eigenvalue weighted by Gasteiger charge is -2.35. The molecule has 1 amide bonds. The Kier molecular flexibility index (Phi) is 4.97. The quantitative estimate of drug-likeness (QED) is 0.862. The van der Waals surface area contributed by atoms with Gasteiger partial charge in [0, 0.05) is 24.3 Å². The first-order valence-electron chi connectivity index (χ1n) is 6.91. The molecule has 1 aromatic rings. The topological polar surface area (TPSA) is 42.0 Å². The Labute approximate surface area is 123 Å². The van der Waals surface area contributed by atoms with Gasteiger partial charge in [-0.1, -0.05) is 35.2 Å². The van der Waals surface area contributed by atoms with Crippen LogP contribution in [0.5, 0.6) is 0 Å². The van der Waals surface area contributed by atoms with Crippen LogP contribution in [0.25, 0.3) is 0 Å². The highest BCUT2D eigenvalue weighted by Gasteiger charge is 2.31. The van der Waals surface area contributed by atoms with Crippen LogP contribution in [-0.2, 0) is 0 Å². The Morgan fingerprint density at radius 3 is 2.74 bits per heavy atom. The average molecular weight is 325 g/mol. The monoisotopic (exact) mass is 324 g/mol. The highest BCUT2D eigenvalue weighted by Crippen LogP contribution is 2.37. The van der Waals surface area contributed by atoms with Gasteiger partial charge < -0.3 is 5.32 Å². The first-order valence-corrected chi connectivity index (χ1v) is 8.03. The van der Waals surface area contributed by atoms with E-state index in [0.717, 1.165) is 17.4 Å². The normalized spacial score (nSPS) is 18.0. The summed E-state index contributed by atoms with van der Waals surface area (Å²) in [6, 6.07) is 1.88. The molecule has 0 aromatic carbocycles. The average Bonchev–Trinajstić information content (AvgIpc) is 2.46. The van der Waals surface area contributed by atoms with Crippen molar-refractivity contribution in [3.8, 4) is 0 Å². The van der Waals surface area contributed by atoms with Crippen molar-refractivity contribution in [1.29, 1.82) is 0 Å². The second kappa shape index (κ2) is 6.51. The number of hydrogen-bond acceptors (Lipinski definition) is 2. The first kappa shape index (κ1) is 14.5. The highest BCUT2D eigenvalue weighted by atomic mass is 79.9. The van der Waals surface area contributed by atoms with Crippen molar-refractivity contribution in [2.75, 3.05) is 11.9 Å². The fourth-order valence-electron chi connectivity index (χ4n) is 2.71. The summed E-state index contributed by atoms with van der Waals surface area (Å²) in [6.07, 6.45) is 9.66. The summed E-state index contributed by atoms with van der Waals surface area (Å²) in [5.74, 6) is -0.0119. The highest BCUT2D eigenvalue weighted by molar-refractivity contribution is 9.09. The Balaban J connectivity index is 1.95. The summed E-state index contributed by atoms with van der Waals surface area (Å²) in [5.41, 5.74) is 1.91. The van der Waals surface area contributed by atoms with E-state index in [2.05, 4.69) is 26.2 Å². The first-order chi connectivity index (χ1) is 9.15. The van der Waals surface area contributed by atoms with Crippen molar-refractivity contribution >= 4 is 21.8 Å². The van der Waals surface area contributed by atoms with E-state index in [9.17, 15) is 4.79 Å². The molecule has 2 rings (SSSR count). The third-order valence-corrected chi connectivity index (χ3v) is 5.15. The minimum atomic E-state index is -0.0119. The van der Waals surface area contributed by atoms with Crippen LogP contribution in [0.15, 0.2) is 18.5 Å². The molecule has 1 saturated carbocycles. The largest absolute Gasteiger partial charge is 0.351 e. The maximum absolute atomic E-state index is 12.1. The van der Waals surface area contributed by atoms with Crippen molar-refractivity contribution in [3.63, 3.8) is 0 Å². The van der Waals surface area contributed by atoms with E-state index in [1.807, 2.05) is 13.0 Å². The minimum Gasteiger partial charge on any atom is -0.351 e. The molecular weight excluding hydrogens is 304 g/mol. The molecule has 1 N–H and O–H groups in total. The summed E-state index contributed by atoms with van der Waals surface area (Å²) < 4.78 is 0. The van der Waals surface area contributed by atoms with E-state index in [4.69, 9.17) is 0 Å². The van der Waals surface area contributed by atoms with Crippen LogP contribution in [-0.4, -0.2) is 22.8 Å². The van der Waals surface area contributed by atoms with E-state index < -0.39 is 0 Å². The lowest BCUT2D eigenvalue weighted by atomic mass is 9.75. The van der Waals surface area contributed by atoms with Crippen molar-refractivity contribution < 1.29 is 4.79 Å². The predicted molar refractivity (Wildman–Crippen MR) is 80.6 cm³/mol. The maximum Gasteiger partial charge on any atom is 0.252 e. The molecule has 1 aromatic heterocycles. The van der Waals surface area contributed by atoms with Crippen LogP contribution in [0.3, 0.4) is 0 Å². The number of rotatable bonds is 4. The molecule has 1 aliphatic rings. The van der Waals surface area contributed by atoms with Gasteiger partial charge in [-0.2, -0.15) is 0 Å². The minimum absolute atomic E-state index is 0.0119. The molecule has 104 valence electrons. The zero-order chi connectivity index (χ0) is 13.7. The molecule has 0 bridgehead atoms. The van der Waals surface area contributed by atoms with Gasteiger partial charge in [0.05, 0.1) is 5.56 Å². The number of hydrogen-bond donors (Lipinski definition) is 1. The van der Waals surface area contributed by atoms with E-state index in [-0.39, 0.29) is 11.3 Å². The second-order valence-electron chi connectivity index (χ2n) is 5.63. The summed E-state index contributed by atoms with van der Waals surface area (Å²) in [6.45, 7) is 2.70. The van der Waals surface area contributed by atoms with E-state index in [1.54, 1.807) is 12.4 Å². The van der Waals surface area contributed by atoms with Gasteiger partial charge in [-0.3, -0.25) is 9.78 Å². The van der Waals surface area contributed by atoms with Gasteiger partial charge in [-0.15, -0.1) is 0 Å². The van der Waals surface area contributed by atoms with Crippen molar-refractivity contribution in [3.05, 3.63) is 29.6 Å². The van der Waals surface area contributed by atoms with Crippen LogP contribution < -0.4 is 5.32 Å². The number of pyridine rings is 1. The third-order valence-electron chi connectivity index (χ3n) is 3.96. The van der Waals surface area contributed by atoms with Crippen molar-refractivity contribution in [2.24, 2.45) is 5.41 Å². The molecule has 0 radical (unpaired) electrons. The van der Waals surface area contributed by atoms with E-state index >= 15 is 0 Å². The number of alkyl halides is 1. The van der Waals surface area contributed by atoms with Gasteiger partial charge in [-0.05, 0) is 36.8 Å². The summed E-state index contributed by atoms with van der Waals surface area (Å²) >= 11 is 3.62. The van der Waals surface area contributed by atoms with Crippen molar-refractivity contribution in [2.45, 2.75) is 39.0 Å². The molecule has 1 heterocycles. The van der Waals surface area contributed by atoms with Crippen LogP contribution in [0.2, 0.25) is 0 Å². The van der Waals surface area contributed by atoms with Crippen LogP contribution in [0.1, 0.15) is 48.0 Å².